The monoisotopic (exact) mass is 425 g/mol. The molecule has 0 saturated carbocycles. The maximum Gasteiger partial charge on any atom is 0.248 e. The Hall–Kier alpha value is -5.04. The predicted molar refractivity (Wildman–Crippen MR) is 113 cm³/mol. The predicted octanol–water partition coefficient (Wildman–Crippen LogP) is 1.68. The van der Waals surface area contributed by atoms with Crippen molar-refractivity contribution in [3.05, 3.63) is 41.6 Å². The first-order chi connectivity index (χ1) is 15.5. The summed E-state index contributed by atoms with van der Waals surface area (Å²) >= 11 is 0. The number of hydrogen-bond donors (Lipinski definition) is 2. The highest BCUT2D eigenvalue weighted by Gasteiger charge is 2.16. The smallest absolute Gasteiger partial charge is 0.248 e. The van der Waals surface area contributed by atoms with Crippen LogP contribution in [0.4, 0.5) is 23.4 Å². The average molecular weight is 425 g/mol. The van der Waals surface area contributed by atoms with E-state index in [9.17, 15) is 10.5 Å². The van der Waals surface area contributed by atoms with Gasteiger partial charge in [0.05, 0.1) is 11.7 Å². The average Bonchev–Trinajstić information content (AvgIpc) is 3.43. The zero-order valence-electron chi connectivity index (χ0n) is 17.2. The molecule has 1 aromatic carbocycles. The Morgan fingerprint density at radius 3 is 2.47 bits per heavy atom. The number of fused-ring (bicyclic) bond motifs is 2. The van der Waals surface area contributed by atoms with E-state index < -0.39 is 0 Å². The van der Waals surface area contributed by atoms with E-state index in [4.69, 9.17) is 0 Å². The van der Waals surface area contributed by atoms with Crippen molar-refractivity contribution in [3.63, 3.8) is 0 Å². The van der Waals surface area contributed by atoms with Gasteiger partial charge < -0.3 is 10.6 Å². The first-order valence-electron chi connectivity index (χ1n) is 9.41. The highest BCUT2D eigenvalue weighted by molar-refractivity contribution is 5.88. The molecule has 0 atom stereocenters. The molecule has 0 aliphatic carbocycles. The van der Waals surface area contributed by atoms with Crippen molar-refractivity contribution in [2.75, 3.05) is 10.6 Å². The minimum Gasteiger partial charge on any atom is -0.323 e. The van der Waals surface area contributed by atoms with Gasteiger partial charge in [-0.2, -0.15) is 30.1 Å². The SMILES string of the molecule is Cc1nc(Nc2nc(Nc3ccc4c(c3)c(C#N)nn4C)nn3c(C#N)cnc23)nn1C. The lowest BCUT2D eigenvalue weighted by atomic mass is 10.2. The molecule has 2 N–H and O–H groups in total. The molecule has 5 rings (SSSR count). The van der Waals surface area contributed by atoms with Crippen molar-refractivity contribution in [2.24, 2.45) is 14.1 Å². The molecule has 0 aliphatic rings. The summed E-state index contributed by atoms with van der Waals surface area (Å²) in [5.41, 5.74) is 2.39. The van der Waals surface area contributed by atoms with E-state index in [-0.39, 0.29) is 11.6 Å². The van der Waals surface area contributed by atoms with E-state index in [0.717, 1.165) is 11.3 Å². The first-order valence-corrected chi connectivity index (χ1v) is 9.41. The zero-order chi connectivity index (χ0) is 22.4. The Morgan fingerprint density at radius 1 is 0.938 bits per heavy atom. The number of nitrogens with zero attached hydrogens (tertiary/aromatic N) is 11. The minimum absolute atomic E-state index is 0.212. The van der Waals surface area contributed by atoms with E-state index in [1.54, 1.807) is 29.5 Å². The van der Waals surface area contributed by atoms with Gasteiger partial charge in [-0.25, -0.2) is 4.98 Å². The second kappa shape index (κ2) is 7.03. The van der Waals surface area contributed by atoms with Crippen LogP contribution < -0.4 is 10.6 Å². The number of imidazole rings is 1. The Labute approximate surface area is 180 Å². The quantitative estimate of drug-likeness (QED) is 0.433. The molecule has 4 heterocycles. The number of aromatic nitrogens is 9. The van der Waals surface area contributed by atoms with E-state index in [1.165, 1.54) is 10.7 Å². The number of rotatable bonds is 4. The molecule has 4 aromatic heterocycles. The molecule has 13 nitrogen and oxygen atoms in total. The van der Waals surface area contributed by atoms with Crippen LogP contribution in [0.1, 0.15) is 17.2 Å². The summed E-state index contributed by atoms with van der Waals surface area (Å²) in [6.07, 6.45) is 1.41. The molecule has 0 spiro atoms. The normalized spacial score (nSPS) is 10.9. The van der Waals surface area contributed by atoms with Gasteiger partial charge in [-0.05, 0) is 25.1 Å². The molecule has 0 radical (unpaired) electrons. The van der Waals surface area contributed by atoms with Gasteiger partial charge in [-0.15, -0.1) is 10.2 Å². The van der Waals surface area contributed by atoms with Crippen LogP contribution in [0.15, 0.2) is 24.4 Å². The fourth-order valence-electron chi connectivity index (χ4n) is 3.27. The van der Waals surface area contributed by atoms with Gasteiger partial charge in [-0.1, -0.05) is 0 Å². The molecular formula is C19H15N13. The molecule has 0 aliphatic heterocycles. The van der Waals surface area contributed by atoms with Gasteiger partial charge >= 0.3 is 0 Å². The summed E-state index contributed by atoms with van der Waals surface area (Å²) in [6, 6.07) is 9.63. The molecule has 0 unspecified atom stereocenters. The Bertz CT molecular complexity index is 1570. The Balaban J connectivity index is 1.59. The number of benzene rings is 1. The minimum atomic E-state index is 0.212. The van der Waals surface area contributed by atoms with Crippen molar-refractivity contribution >= 4 is 40.0 Å². The lowest BCUT2D eigenvalue weighted by Crippen LogP contribution is -2.08. The maximum atomic E-state index is 9.42. The number of aryl methyl sites for hydroxylation is 3. The molecule has 0 bridgehead atoms. The summed E-state index contributed by atoms with van der Waals surface area (Å²) < 4.78 is 4.66. The van der Waals surface area contributed by atoms with Crippen LogP contribution in [0, 0.1) is 29.6 Å². The lowest BCUT2D eigenvalue weighted by molar-refractivity contribution is 0.736. The van der Waals surface area contributed by atoms with Crippen LogP contribution in [0.2, 0.25) is 0 Å². The molecule has 0 amide bonds. The van der Waals surface area contributed by atoms with Gasteiger partial charge in [0, 0.05) is 25.2 Å². The van der Waals surface area contributed by atoms with Crippen LogP contribution in [-0.4, -0.2) is 44.1 Å². The number of hydrogen-bond acceptors (Lipinski definition) is 10. The van der Waals surface area contributed by atoms with Gasteiger partial charge in [-0.3, -0.25) is 9.36 Å². The van der Waals surface area contributed by atoms with E-state index >= 15 is 0 Å². The molecule has 156 valence electrons. The summed E-state index contributed by atoms with van der Waals surface area (Å²) in [5.74, 6) is 1.60. The maximum absolute atomic E-state index is 9.42. The highest BCUT2D eigenvalue weighted by atomic mass is 15.4. The fourth-order valence-corrected chi connectivity index (χ4v) is 3.27. The van der Waals surface area contributed by atoms with Crippen LogP contribution in [-0.2, 0) is 14.1 Å². The number of nitriles is 2. The van der Waals surface area contributed by atoms with Crippen molar-refractivity contribution in [3.8, 4) is 12.1 Å². The third-order valence-corrected chi connectivity index (χ3v) is 4.90. The Kier molecular flexibility index (Phi) is 4.16. The summed E-state index contributed by atoms with van der Waals surface area (Å²) in [7, 11) is 3.56. The first kappa shape index (κ1) is 19.0. The summed E-state index contributed by atoms with van der Waals surface area (Å²) in [6.45, 7) is 1.83. The Morgan fingerprint density at radius 2 is 1.75 bits per heavy atom. The standard InChI is InChI=1S/C19H15N13/c1-10-23-18(28-30(10)2)25-16-17-22-9-12(7-20)32(17)29-19(26-16)24-11-4-5-15-13(6-11)14(8-21)27-31(15)3/h4-6,9H,1-3H3,(H2,24,25,26,28,29). The molecule has 13 heteroatoms. The second-order valence-electron chi connectivity index (χ2n) is 6.95. The number of nitrogens with one attached hydrogen (secondary N) is 2. The van der Waals surface area contributed by atoms with Gasteiger partial charge in [0.15, 0.2) is 22.9 Å². The molecule has 0 saturated heterocycles. The van der Waals surface area contributed by atoms with Crippen molar-refractivity contribution in [2.45, 2.75) is 6.92 Å². The molecule has 5 aromatic rings. The van der Waals surface area contributed by atoms with Gasteiger partial charge in [0.1, 0.15) is 18.0 Å². The zero-order valence-corrected chi connectivity index (χ0v) is 17.2. The van der Waals surface area contributed by atoms with Crippen LogP contribution in [0.25, 0.3) is 16.6 Å². The fraction of sp³-hybridized carbons (Fsp3) is 0.158. The van der Waals surface area contributed by atoms with Crippen molar-refractivity contribution in [1.29, 1.82) is 10.5 Å². The van der Waals surface area contributed by atoms with Crippen molar-refractivity contribution < 1.29 is 0 Å². The van der Waals surface area contributed by atoms with Gasteiger partial charge in [0.2, 0.25) is 11.9 Å². The third-order valence-electron chi connectivity index (χ3n) is 4.90. The third kappa shape index (κ3) is 3.01. The van der Waals surface area contributed by atoms with E-state index in [0.29, 0.717) is 34.2 Å². The summed E-state index contributed by atoms with van der Waals surface area (Å²) in [4.78, 5) is 13.1. The van der Waals surface area contributed by atoms with E-state index in [1.807, 2.05) is 19.1 Å². The lowest BCUT2D eigenvalue weighted by Gasteiger charge is -2.09. The molecular weight excluding hydrogens is 410 g/mol. The number of anilines is 4. The largest absolute Gasteiger partial charge is 0.323 e. The summed E-state index contributed by atoms with van der Waals surface area (Å²) in [5, 5.41) is 38.5. The van der Waals surface area contributed by atoms with E-state index in [2.05, 4.69) is 53.0 Å². The topological polar surface area (TPSA) is 163 Å². The molecule has 32 heavy (non-hydrogen) atoms. The van der Waals surface area contributed by atoms with Gasteiger partial charge in [0.25, 0.3) is 0 Å². The van der Waals surface area contributed by atoms with Crippen LogP contribution >= 0.6 is 0 Å². The molecule has 0 fully saturated rings. The van der Waals surface area contributed by atoms with Crippen LogP contribution in [0.3, 0.4) is 0 Å². The highest BCUT2D eigenvalue weighted by Crippen LogP contribution is 2.25. The van der Waals surface area contributed by atoms with Crippen molar-refractivity contribution in [1.82, 2.24) is 44.1 Å². The second-order valence-corrected chi connectivity index (χ2v) is 6.95. The van der Waals surface area contributed by atoms with Crippen LogP contribution in [0.5, 0.6) is 0 Å².